The predicted octanol–water partition coefficient (Wildman–Crippen LogP) is -0.991. The van der Waals surface area contributed by atoms with Gasteiger partial charge in [0.2, 0.25) is 16.0 Å². The van der Waals surface area contributed by atoms with Crippen molar-refractivity contribution in [1.29, 1.82) is 0 Å². The lowest BCUT2D eigenvalue weighted by molar-refractivity contribution is 0.456. The summed E-state index contributed by atoms with van der Waals surface area (Å²) in [5, 5.41) is 6.54. The first-order valence-corrected chi connectivity index (χ1v) is 7.00. The van der Waals surface area contributed by atoms with Gasteiger partial charge in [-0.25, -0.2) is 29.2 Å². The third-order valence-electron chi connectivity index (χ3n) is 2.47. The smallest absolute Gasteiger partial charge is 0.246 e. The highest BCUT2D eigenvalue weighted by molar-refractivity contribution is 7.89. The molecule has 0 aliphatic heterocycles. The second kappa shape index (κ2) is 5.48. The van der Waals surface area contributed by atoms with Crippen LogP contribution >= 0.6 is 0 Å². The number of nitrogens with one attached hydrogen (secondary N) is 2. The maximum absolute atomic E-state index is 12.3. The minimum atomic E-state index is -3.71. The molecule has 0 saturated carbocycles. The Hall–Kier alpha value is -2.11. The van der Waals surface area contributed by atoms with Crippen LogP contribution in [0.3, 0.4) is 0 Å². The van der Waals surface area contributed by atoms with Crippen LogP contribution < -0.4 is 11.3 Å². The van der Waals surface area contributed by atoms with Gasteiger partial charge in [0.1, 0.15) is 10.7 Å². The largest absolute Gasteiger partial charge is 0.292 e. The molecule has 4 N–H and O–H groups in total. The molecular formula is C9H14N8O2S. The molecule has 2 heterocycles. The number of sulfonamides is 1. The van der Waals surface area contributed by atoms with Crippen LogP contribution in [-0.2, 0) is 16.6 Å². The number of aromatic nitrogens is 5. The Morgan fingerprint density at radius 3 is 2.55 bits per heavy atom. The highest BCUT2D eigenvalue weighted by Gasteiger charge is 2.23. The van der Waals surface area contributed by atoms with Gasteiger partial charge in [-0.2, -0.15) is 9.40 Å². The lowest BCUT2D eigenvalue weighted by Gasteiger charge is -2.14. The number of H-pyrrole nitrogens is 1. The maximum Gasteiger partial charge on any atom is 0.246 e. The summed E-state index contributed by atoms with van der Waals surface area (Å²) in [4.78, 5) is 11.6. The number of anilines is 1. The second-order valence-corrected chi connectivity index (χ2v) is 6.03. The standard InChI is InChI=1S/C9H14N8O2S/c1-6-13-8(16-15-6)5-17(2)20(18,19)7-3-11-9(14-10)12-4-7/h3-4H,5,10H2,1-2H3,(H,11,12,14)(H,13,15,16). The first kappa shape index (κ1) is 14.3. The maximum atomic E-state index is 12.3. The molecule has 20 heavy (non-hydrogen) atoms. The van der Waals surface area contributed by atoms with Gasteiger partial charge in [-0.1, -0.05) is 0 Å². The van der Waals surface area contributed by atoms with E-state index in [1.165, 1.54) is 19.4 Å². The number of hydrogen-bond acceptors (Lipinski definition) is 8. The number of hydrazine groups is 1. The third-order valence-corrected chi connectivity index (χ3v) is 4.23. The van der Waals surface area contributed by atoms with E-state index in [1.807, 2.05) is 0 Å². The molecule has 0 fully saturated rings. The summed E-state index contributed by atoms with van der Waals surface area (Å²) in [6, 6.07) is 0. The predicted molar refractivity (Wildman–Crippen MR) is 69.6 cm³/mol. The van der Waals surface area contributed by atoms with Crippen LogP contribution in [0.1, 0.15) is 11.6 Å². The van der Waals surface area contributed by atoms with Crippen LogP contribution in [-0.4, -0.2) is 44.9 Å². The van der Waals surface area contributed by atoms with E-state index in [4.69, 9.17) is 5.84 Å². The van der Waals surface area contributed by atoms with Gasteiger partial charge in [-0.3, -0.25) is 10.5 Å². The van der Waals surface area contributed by atoms with E-state index >= 15 is 0 Å². The molecule has 11 heteroatoms. The van der Waals surface area contributed by atoms with Crippen LogP contribution in [0.5, 0.6) is 0 Å². The van der Waals surface area contributed by atoms with Crippen molar-refractivity contribution in [2.45, 2.75) is 18.4 Å². The van der Waals surface area contributed by atoms with Gasteiger partial charge >= 0.3 is 0 Å². The van der Waals surface area contributed by atoms with Crippen molar-refractivity contribution in [2.24, 2.45) is 5.84 Å². The Bertz CT molecular complexity index is 680. The van der Waals surface area contributed by atoms with E-state index in [-0.39, 0.29) is 17.4 Å². The average Bonchev–Trinajstić information content (AvgIpc) is 2.84. The highest BCUT2D eigenvalue weighted by Crippen LogP contribution is 2.14. The molecule has 0 spiro atoms. The summed E-state index contributed by atoms with van der Waals surface area (Å²) >= 11 is 0. The van der Waals surface area contributed by atoms with Crippen LogP contribution in [0.15, 0.2) is 17.3 Å². The average molecular weight is 298 g/mol. The molecule has 0 amide bonds. The Labute approximate surface area is 115 Å². The number of nitrogens with zero attached hydrogens (tertiary/aromatic N) is 5. The molecule has 2 rings (SSSR count). The van der Waals surface area contributed by atoms with Crippen LogP contribution in [0.2, 0.25) is 0 Å². The normalized spacial score (nSPS) is 11.8. The van der Waals surface area contributed by atoms with Crippen LogP contribution in [0, 0.1) is 6.92 Å². The van der Waals surface area contributed by atoms with Crippen molar-refractivity contribution in [2.75, 3.05) is 12.5 Å². The molecule has 2 aromatic rings. The number of rotatable bonds is 5. The molecular weight excluding hydrogens is 284 g/mol. The molecule has 0 bridgehead atoms. The van der Waals surface area contributed by atoms with Gasteiger partial charge < -0.3 is 0 Å². The molecule has 10 nitrogen and oxygen atoms in total. The molecule has 0 aliphatic carbocycles. The highest BCUT2D eigenvalue weighted by atomic mass is 32.2. The van der Waals surface area contributed by atoms with Gasteiger partial charge in [0.05, 0.1) is 18.9 Å². The van der Waals surface area contributed by atoms with E-state index in [9.17, 15) is 8.42 Å². The fraction of sp³-hybridized carbons (Fsp3) is 0.333. The van der Waals surface area contributed by atoms with Crippen LogP contribution in [0.25, 0.3) is 0 Å². The first-order chi connectivity index (χ1) is 9.43. The number of hydrogen-bond donors (Lipinski definition) is 3. The van der Waals surface area contributed by atoms with E-state index < -0.39 is 10.0 Å². The number of aryl methyl sites for hydroxylation is 1. The second-order valence-electron chi connectivity index (χ2n) is 3.98. The van der Waals surface area contributed by atoms with E-state index in [1.54, 1.807) is 6.92 Å². The molecule has 0 aromatic carbocycles. The lowest BCUT2D eigenvalue weighted by atomic mass is 10.6. The third kappa shape index (κ3) is 2.89. The minimum absolute atomic E-state index is 0.0359. The van der Waals surface area contributed by atoms with Gasteiger partial charge in [0.25, 0.3) is 0 Å². The Balaban J connectivity index is 2.19. The Morgan fingerprint density at radius 1 is 1.40 bits per heavy atom. The van der Waals surface area contributed by atoms with Crippen molar-refractivity contribution in [1.82, 2.24) is 29.5 Å². The quantitative estimate of drug-likeness (QED) is 0.471. The minimum Gasteiger partial charge on any atom is -0.292 e. The number of nitrogen functional groups attached to an aromatic ring is 1. The summed E-state index contributed by atoms with van der Waals surface area (Å²) < 4.78 is 25.7. The first-order valence-electron chi connectivity index (χ1n) is 5.56. The van der Waals surface area contributed by atoms with Gasteiger partial charge in [0.15, 0.2) is 5.82 Å². The molecule has 0 radical (unpaired) electrons. The van der Waals surface area contributed by atoms with Crippen molar-refractivity contribution in [3.63, 3.8) is 0 Å². The molecule has 0 saturated heterocycles. The fourth-order valence-electron chi connectivity index (χ4n) is 1.45. The van der Waals surface area contributed by atoms with Gasteiger partial charge in [-0.15, -0.1) is 0 Å². The summed E-state index contributed by atoms with van der Waals surface area (Å²) in [6.45, 7) is 1.78. The van der Waals surface area contributed by atoms with Crippen LogP contribution in [0.4, 0.5) is 5.95 Å². The summed E-state index contributed by atoms with van der Waals surface area (Å²) in [5.41, 5.74) is 2.22. The fourth-order valence-corrected chi connectivity index (χ4v) is 2.46. The summed E-state index contributed by atoms with van der Waals surface area (Å²) in [5.74, 6) is 6.26. The topological polar surface area (TPSA) is 143 Å². The van der Waals surface area contributed by atoms with E-state index in [0.717, 1.165) is 4.31 Å². The van der Waals surface area contributed by atoms with Crippen molar-refractivity contribution < 1.29 is 8.42 Å². The molecule has 108 valence electrons. The zero-order chi connectivity index (χ0) is 14.8. The molecule has 0 unspecified atom stereocenters. The van der Waals surface area contributed by atoms with Crippen molar-refractivity contribution >= 4 is 16.0 Å². The van der Waals surface area contributed by atoms with Crippen molar-refractivity contribution in [3.05, 3.63) is 24.0 Å². The van der Waals surface area contributed by atoms with Gasteiger partial charge in [0, 0.05) is 7.05 Å². The number of aromatic amines is 1. The SMILES string of the molecule is Cc1nc(CN(C)S(=O)(=O)c2cnc(NN)nc2)n[nH]1. The molecule has 2 aromatic heterocycles. The number of nitrogens with two attached hydrogens (primary N) is 1. The Kier molecular flexibility index (Phi) is 3.92. The zero-order valence-electron chi connectivity index (χ0n) is 10.9. The summed E-state index contributed by atoms with van der Waals surface area (Å²) in [7, 11) is -2.28. The molecule has 0 aliphatic rings. The van der Waals surface area contributed by atoms with E-state index in [0.29, 0.717) is 11.6 Å². The zero-order valence-corrected chi connectivity index (χ0v) is 11.7. The lowest BCUT2D eigenvalue weighted by Crippen LogP contribution is -2.27. The summed E-state index contributed by atoms with van der Waals surface area (Å²) in [6.07, 6.45) is 2.36. The monoisotopic (exact) mass is 298 g/mol. The van der Waals surface area contributed by atoms with Gasteiger partial charge in [-0.05, 0) is 6.92 Å². The van der Waals surface area contributed by atoms with E-state index in [2.05, 4.69) is 30.6 Å². The Morgan fingerprint density at radius 2 is 2.05 bits per heavy atom. The van der Waals surface area contributed by atoms with Crippen molar-refractivity contribution in [3.8, 4) is 0 Å². The molecule has 0 atom stereocenters.